The predicted octanol–water partition coefficient (Wildman–Crippen LogP) is 1.55. The van der Waals surface area contributed by atoms with Gasteiger partial charge in [0.2, 0.25) is 11.9 Å². The number of hydrogen-bond donors (Lipinski definition) is 1. The second-order valence-electron chi connectivity index (χ2n) is 6.18. The average molecular weight is 353 g/mol. The first-order valence-corrected chi connectivity index (χ1v) is 9.22. The van der Waals surface area contributed by atoms with Gasteiger partial charge in [0.15, 0.2) is 5.16 Å². The van der Waals surface area contributed by atoms with Gasteiger partial charge >= 0.3 is 0 Å². The van der Waals surface area contributed by atoms with Crippen molar-refractivity contribution in [3.63, 3.8) is 0 Å². The second kappa shape index (κ2) is 9.08. The summed E-state index contributed by atoms with van der Waals surface area (Å²) in [6.45, 7) is 14.2. The summed E-state index contributed by atoms with van der Waals surface area (Å²) in [6, 6.07) is 0. The summed E-state index contributed by atoms with van der Waals surface area (Å²) >= 11 is 1.44. The average Bonchev–Trinajstić information content (AvgIpc) is 2.95. The molecular formula is C16H27N5O2S. The lowest BCUT2D eigenvalue weighted by molar-refractivity contribution is -0.120. The molecule has 0 spiro atoms. The lowest BCUT2D eigenvalue weighted by Gasteiger charge is -2.28. The zero-order chi connectivity index (χ0) is 17.5. The molecule has 0 aromatic carbocycles. The Hall–Kier alpha value is -1.54. The van der Waals surface area contributed by atoms with E-state index in [1.54, 1.807) is 6.08 Å². The Balaban J connectivity index is 2.14. The number of carbonyl (C=O) groups is 1. The molecule has 1 aliphatic heterocycles. The number of aromatic nitrogens is 3. The van der Waals surface area contributed by atoms with Crippen LogP contribution in [0.2, 0.25) is 0 Å². The number of nitrogens with one attached hydrogen (secondary N) is 1. The van der Waals surface area contributed by atoms with E-state index < -0.39 is 0 Å². The number of carbonyl (C=O) groups excluding carboxylic acids is 1. The maximum absolute atomic E-state index is 12.1. The molecule has 2 rings (SSSR count). The van der Waals surface area contributed by atoms with Gasteiger partial charge < -0.3 is 15.0 Å². The summed E-state index contributed by atoms with van der Waals surface area (Å²) < 4.78 is 7.54. The van der Waals surface area contributed by atoms with Crippen LogP contribution in [0.15, 0.2) is 17.8 Å². The van der Waals surface area contributed by atoms with Gasteiger partial charge in [-0.05, 0) is 12.8 Å². The fraction of sp³-hybridized carbons (Fsp3) is 0.688. The van der Waals surface area contributed by atoms with Gasteiger partial charge in [-0.1, -0.05) is 31.7 Å². The molecule has 134 valence electrons. The number of hydrogen-bond acceptors (Lipinski definition) is 6. The largest absolute Gasteiger partial charge is 0.378 e. The van der Waals surface area contributed by atoms with Crippen molar-refractivity contribution in [2.45, 2.75) is 37.7 Å². The number of amides is 1. The molecule has 1 atom stereocenters. The van der Waals surface area contributed by atoms with Crippen LogP contribution in [-0.4, -0.2) is 58.8 Å². The van der Waals surface area contributed by atoms with Gasteiger partial charge in [-0.15, -0.1) is 16.8 Å². The predicted molar refractivity (Wildman–Crippen MR) is 96.4 cm³/mol. The van der Waals surface area contributed by atoms with Crippen molar-refractivity contribution in [1.29, 1.82) is 0 Å². The van der Waals surface area contributed by atoms with Crippen LogP contribution in [0, 0.1) is 5.92 Å². The van der Waals surface area contributed by atoms with Crippen molar-refractivity contribution in [2.24, 2.45) is 5.92 Å². The minimum atomic E-state index is -0.238. The van der Waals surface area contributed by atoms with Crippen LogP contribution in [0.1, 0.15) is 20.8 Å². The Morgan fingerprint density at radius 1 is 1.38 bits per heavy atom. The molecule has 1 amide bonds. The van der Waals surface area contributed by atoms with E-state index in [2.05, 4.69) is 45.4 Å². The number of anilines is 1. The highest BCUT2D eigenvalue weighted by Crippen LogP contribution is 2.27. The molecule has 0 aliphatic carbocycles. The van der Waals surface area contributed by atoms with Gasteiger partial charge in [0.1, 0.15) is 0 Å². The molecule has 2 heterocycles. The third kappa shape index (κ3) is 4.98. The van der Waals surface area contributed by atoms with Crippen molar-refractivity contribution < 1.29 is 9.53 Å². The summed E-state index contributed by atoms with van der Waals surface area (Å²) in [5.74, 6) is 1.31. The van der Waals surface area contributed by atoms with E-state index in [9.17, 15) is 4.79 Å². The quantitative estimate of drug-likeness (QED) is 0.565. The summed E-state index contributed by atoms with van der Waals surface area (Å²) in [6.07, 6.45) is 1.67. The molecule has 0 unspecified atom stereocenters. The number of nitrogens with zero attached hydrogens (tertiary/aromatic N) is 4. The second-order valence-corrected chi connectivity index (χ2v) is 7.49. The smallest absolute Gasteiger partial charge is 0.233 e. The zero-order valence-corrected chi connectivity index (χ0v) is 15.5. The van der Waals surface area contributed by atoms with Gasteiger partial charge in [0.05, 0.1) is 18.5 Å². The van der Waals surface area contributed by atoms with Gasteiger partial charge in [0, 0.05) is 26.2 Å². The molecule has 1 N–H and O–H groups in total. The van der Waals surface area contributed by atoms with Crippen LogP contribution in [0.25, 0.3) is 0 Å². The SMILES string of the molecule is C=CCNC(=O)[C@@H](C)Sc1nnc(N2CCOCC2)n1CC(C)C. The minimum Gasteiger partial charge on any atom is -0.378 e. The first-order chi connectivity index (χ1) is 11.5. The van der Waals surface area contributed by atoms with Crippen LogP contribution in [0.5, 0.6) is 0 Å². The van der Waals surface area contributed by atoms with Crippen LogP contribution >= 0.6 is 11.8 Å². The van der Waals surface area contributed by atoms with E-state index in [1.807, 2.05) is 6.92 Å². The van der Waals surface area contributed by atoms with Crippen LogP contribution in [0.4, 0.5) is 5.95 Å². The molecule has 8 heteroatoms. The third-order valence-corrected chi connectivity index (χ3v) is 4.69. The van der Waals surface area contributed by atoms with E-state index in [0.29, 0.717) is 25.7 Å². The number of thioether (sulfide) groups is 1. The van der Waals surface area contributed by atoms with Crippen molar-refractivity contribution in [2.75, 3.05) is 37.7 Å². The monoisotopic (exact) mass is 353 g/mol. The van der Waals surface area contributed by atoms with E-state index >= 15 is 0 Å². The summed E-state index contributed by atoms with van der Waals surface area (Å²) in [5, 5.41) is 12.1. The number of morpholine rings is 1. The molecule has 24 heavy (non-hydrogen) atoms. The minimum absolute atomic E-state index is 0.0214. The molecule has 0 bridgehead atoms. The molecule has 7 nitrogen and oxygen atoms in total. The fourth-order valence-corrected chi connectivity index (χ4v) is 3.30. The van der Waals surface area contributed by atoms with Crippen molar-refractivity contribution in [3.05, 3.63) is 12.7 Å². The molecule has 1 aliphatic rings. The van der Waals surface area contributed by atoms with E-state index in [4.69, 9.17) is 4.74 Å². The highest BCUT2D eigenvalue weighted by Gasteiger charge is 2.24. The number of ether oxygens (including phenoxy) is 1. The van der Waals surface area contributed by atoms with Gasteiger partial charge in [0.25, 0.3) is 0 Å². The Kier molecular flexibility index (Phi) is 7.11. The Labute approximate surface area is 147 Å². The Morgan fingerprint density at radius 3 is 2.71 bits per heavy atom. The van der Waals surface area contributed by atoms with Gasteiger partial charge in [-0.25, -0.2) is 0 Å². The highest BCUT2D eigenvalue weighted by atomic mass is 32.2. The highest BCUT2D eigenvalue weighted by molar-refractivity contribution is 8.00. The van der Waals surface area contributed by atoms with E-state index in [1.165, 1.54) is 11.8 Å². The first-order valence-electron chi connectivity index (χ1n) is 8.34. The van der Waals surface area contributed by atoms with Gasteiger partial charge in [-0.3, -0.25) is 9.36 Å². The van der Waals surface area contributed by atoms with Crippen LogP contribution < -0.4 is 10.2 Å². The molecule has 1 saturated heterocycles. The lowest BCUT2D eigenvalue weighted by Crippen LogP contribution is -2.38. The molecule has 1 aromatic rings. The molecular weight excluding hydrogens is 326 g/mol. The van der Waals surface area contributed by atoms with Crippen molar-refractivity contribution >= 4 is 23.6 Å². The fourth-order valence-electron chi connectivity index (χ4n) is 2.42. The third-order valence-electron chi connectivity index (χ3n) is 3.61. The van der Waals surface area contributed by atoms with Gasteiger partial charge in [-0.2, -0.15) is 0 Å². The van der Waals surface area contributed by atoms with E-state index in [0.717, 1.165) is 30.7 Å². The lowest BCUT2D eigenvalue weighted by atomic mass is 10.2. The summed E-state index contributed by atoms with van der Waals surface area (Å²) in [5.41, 5.74) is 0. The molecule has 1 fully saturated rings. The Morgan fingerprint density at radius 2 is 2.08 bits per heavy atom. The first kappa shape index (κ1) is 18.8. The van der Waals surface area contributed by atoms with Crippen LogP contribution in [0.3, 0.4) is 0 Å². The van der Waals surface area contributed by atoms with Crippen LogP contribution in [-0.2, 0) is 16.1 Å². The summed E-state index contributed by atoms with van der Waals surface area (Å²) in [4.78, 5) is 14.3. The molecule has 0 radical (unpaired) electrons. The Bertz CT molecular complexity index is 555. The maximum atomic E-state index is 12.1. The van der Waals surface area contributed by atoms with Crippen molar-refractivity contribution in [3.8, 4) is 0 Å². The van der Waals surface area contributed by atoms with E-state index in [-0.39, 0.29) is 11.2 Å². The van der Waals surface area contributed by atoms with Crippen molar-refractivity contribution in [1.82, 2.24) is 20.1 Å². The zero-order valence-electron chi connectivity index (χ0n) is 14.7. The topological polar surface area (TPSA) is 72.3 Å². The number of rotatable bonds is 8. The molecule has 0 saturated carbocycles. The summed E-state index contributed by atoms with van der Waals surface area (Å²) in [7, 11) is 0. The maximum Gasteiger partial charge on any atom is 0.233 e. The normalized spacial score (nSPS) is 16.2. The molecule has 1 aromatic heterocycles. The standard InChI is InChI=1S/C16H27N5O2S/c1-5-6-17-14(22)13(4)24-16-19-18-15(21(16)11-12(2)3)20-7-9-23-10-8-20/h5,12-13H,1,6-11H2,2-4H3,(H,17,22)/t13-/m1/s1.